The van der Waals surface area contributed by atoms with Crippen molar-refractivity contribution in [3.63, 3.8) is 0 Å². The number of benzene rings is 6. The summed E-state index contributed by atoms with van der Waals surface area (Å²) in [5.41, 5.74) is 18.2. The van der Waals surface area contributed by atoms with Crippen LogP contribution >= 0.6 is 0 Å². The van der Waals surface area contributed by atoms with Crippen molar-refractivity contribution in [3.8, 4) is 22.5 Å². The molecule has 0 fully saturated rings. The fraction of sp³-hybridized carbons (Fsp3) is 0.0732. The van der Waals surface area contributed by atoms with Gasteiger partial charge < -0.3 is 14.0 Å². The average Bonchev–Trinajstić information content (AvgIpc) is 3.56. The van der Waals surface area contributed by atoms with Crippen LogP contribution in [0.5, 0.6) is 0 Å². The number of aromatic nitrogens is 2. The zero-order chi connectivity index (χ0) is 30.0. The lowest BCUT2D eigenvalue weighted by Gasteiger charge is -2.39. The van der Waals surface area contributed by atoms with Gasteiger partial charge in [-0.1, -0.05) is 91.0 Å². The smallest absolute Gasteiger partial charge is 0.252 e. The molecule has 0 saturated heterocycles. The van der Waals surface area contributed by atoms with Crippen molar-refractivity contribution in [1.29, 1.82) is 0 Å². The Kier molecular flexibility index (Phi) is 4.87. The van der Waals surface area contributed by atoms with E-state index < -0.39 is 0 Å². The highest BCUT2D eigenvalue weighted by Gasteiger charge is 2.41. The Hall–Kier alpha value is -5.48. The van der Waals surface area contributed by atoms with E-state index in [1.54, 1.807) is 0 Å². The normalized spacial score (nSPS) is 13.1. The Morgan fingerprint density at radius 1 is 0.556 bits per heavy atom. The first-order valence-corrected chi connectivity index (χ1v) is 15.8. The summed E-state index contributed by atoms with van der Waals surface area (Å²) in [6, 6.07) is 47.2. The number of fused-ring (bicyclic) bond motifs is 7. The van der Waals surface area contributed by atoms with Gasteiger partial charge in [0, 0.05) is 62.7 Å². The Labute approximate surface area is 262 Å². The Balaban J connectivity index is 1.23. The van der Waals surface area contributed by atoms with Crippen LogP contribution in [-0.4, -0.2) is 22.9 Å². The molecule has 4 heterocycles. The molecule has 0 amide bonds. The van der Waals surface area contributed by atoms with Gasteiger partial charge in [-0.15, -0.1) is 0 Å². The van der Waals surface area contributed by atoms with E-state index in [0.29, 0.717) is 0 Å². The molecule has 2 aliphatic rings. The first-order valence-electron chi connectivity index (χ1n) is 15.8. The van der Waals surface area contributed by atoms with Gasteiger partial charge in [0.25, 0.3) is 6.71 Å². The lowest BCUT2D eigenvalue weighted by molar-refractivity contribution is 1.04. The second kappa shape index (κ2) is 8.80. The molecule has 0 bridgehead atoms. The van der Waals surface area contributed by atoms with Gasteiger partial charge in [-0.25, -0.2) is 0 Å². The maximum Gasteiger partial charge on any atom is 0.252 e. The monoisotopic (exact) mass is 575 g/mol. The molecule has 0 saturated carbocycles. The van der Waals surface area contributed by atoms with Gasteiger partial charge in [0.15, 0.2) is 0 Å². The van der Waals surface area contributed by atoms with Crippen LogP contribution < -0.4 is 21.3 Å². The van der Waals surface area contributed by atoms with E-state index in [-0.39, 0.29) is 6.71 Å². The van der Waals surface area contributed by atoms with E-state index in [1.807, 2.05) is 0 Å². The van der Waals surface area contributed by atoms with Gasteiger partial charge in [0.05, 0.1) is 11.0 Å². The van der Waals surface area contributed by atoms with Gasteiger partial charge in [0.1, 0.15) is 0 Å². The molecule has 0 spiro atoms. The molecule has 0 unspecified atom stereocenters. The van der Waals surface area contributed by atoms with Crippen molar-refractivity contribution in [2.45, 2.75) is 13.8 Å². The Morgan fingerprint density at radius 2 is 1.20 bits per heavy atom. The van der Waals surface area contributed by atoms with E-state index in [0.717, 1.165) is 0 Å². The standard InChI is InChI=1S/C41H30BN3/c1-25-26(2)44-38-23-11-22-37-39(38)42(34-19-9-16-29(25)41(34)44)33-18-10-17-30(40(33)43(37)3)27-12-8-13-28(24-27)45-35-20-6-4-14-31(35)32-15-5-7-21-36(32)45/h4-24H,1-3H3. The first kappa shape index (κ1) is 24.9. The molecule has 2 aliphatic heterocycles. The summed E-state index contributed by atoms with van der Waals surface area (Å²) in [5.74, 6) is 0. The summed E-state index contributed by atoms with van der Waals surface area (Å²) in [6.07, 6.45) is 0. The maximum atomic E-state index is 2.51. The summed E-state index contributed by atoms with van der Waals surface area (Å²) in [6.45, 7) is 4.71. The lowest BCUT2D eigenvalue weighted by atomic mass is 9.33. The molecule has 45 heavy (non-hydrogen) atoms. The lowest BCUT2D eigenvalue weighted by Crippen LogP contribution is -2.60. The molecule has 0 aliphatic carbocycles. The molecule has 10 rings (SSSR count). The summed E-state index contributed by atoms with van der Waals surface area (Å²) < 4.78 is 4.92. The van der Waals surface area contributed by atoms with Crippen LogP contribution in [0.1, 0.15) is 11.3 Å². The zero-order valence-electron chi connectivity index (χ0n) is 25.5. The van der Waals surface area contributed by atoms with Crippen molar-refractivity contribution >= 4 is 67.2 Å². The molecule has 212 valence electrons. The highest BCUT2D eigenvalue weighted by molar-refractivity contribution is 7.00. The van der Waals surface area contributed by atoms with Crippen molar-refractivity contribution in [1.82, 2.24) is 9.13 Å². The molecule has 4 heteroatoms. The van der Waals surface area contributed by atoms with Crippen molar-refractivity contribution < 1.29 is 0 Å². The SMILES string of the molecule is Cc1c(C)n2c3c(cccc13)B1c3cccc(-c4cccc(-n5c6ccccc6c6ccccc65)c4)c3N(C)c3cccc-2c31. The third-order valence-electron chi connectivity index (χ3n) is 10.5. The van der Waals surface area contributed by atoms with Crippen LogP contribution in [0, 0.1) is 13.8 Å². The molecule has 8 aromatic rings. The summed E-state index contributed by atoms with van der Waals surface area (Å²) in [7, 11) is 2.24. The third-order valence-corrected chi connectivity index (χ3v) is 10.5. The third kappa shape index (κ3) is 3.11. The minimum Gasteiger partial charge on any atom is -0.345 e. The van der Waals surface area contributed by atoms with Gasteiger partial charge in [0.2, 0.25) is 0 Å². The summed E-state index contributed by atoms with van der Waals surface area (Å²) in [4.78, 5) is 2.43. The first-order chi connectivity index (χ1) is 22.1. The highest BCUT2D eigenvalue weighted by atomic mass is 15.1. The van der Waals surface area contributed by atoms with E-state index >= 15 is 0 Å². The van der Waals surface area contributed by atoms with Gasteiger partial charge >= 0.3 is 0 Å². The van der Waals surface area contributed by atoms with Crippen LogP contribution in [0.15, 0.2) is 127 Å². The molecule has 2 aromatic heterocycles. The zero-order valence-corrected chi connectivity index (χ0v) is 25.5. The fourth-order valence-electron chi connectivity index (χ4n) is 8.52. The number of aryl methyl sites for hydroxylation is 1. The van der Waals surface area contributed by atoms with Gasteiger partial charge in [-0.3, -0.25) is 0 Å². The summed E-state index contributed by atoms with van der Waals surface area (Å²) in [5, 5.41) is 3.92. The Morgan fingerprint density at radius 3 is 2.00 bits per heavy atom. The van der Waals surface area contributed by atoms with Crippen molar-refractivity contribution in [2.75, 3.05) is 11.9 Å². The van der Waals surface area contributed by atoms with E-state index in [2.05, 4.69) is 162 Å². The minimum atomic E-state index is 0.174. The quantitative estimate of drug-likeness (QED) is 0.191. The number of rotatable bonds is 2. The van der Waals surface area contributed by atoms with E-state index in [4.69, 9.17) is 0 Å². The predicted molar refractivity (Wildman–Crippen MR) is 192 cm³/mol. The second-order valence-electron chi connectivity index (χ2n) is 12.7. The second-order valence-corrected chi connectivity index (χ2v) is 12.7. The van der Waals surface area contributed by atoms with Crippen LogP contribution in [0.2, 0.25) is 0 Å². The maximum absolute atomic E-state index is 2.51. The predicted octanol–water partition coefficient (Wildman–Crippen LogP) is 7.92. The van der Waals surface area contributed by atoms with E-state index in [9.17, 15) is 0 Å². The molecule has 6 aromatic carbocycles. The van der Waals surface area contributed by atoms with Crippen molar-refractivity contribution in [2.24, 2.45) is 0 Å². The number of hydrogen-bond donors (Lipinski definition) is 0. The van der Waals surface area contributed by atoms with Crippen molar-refractivity contribution in [3.05, 3.63) is 139 Å². The van der Waals surface area contributed by atoms with E-state index in [1.165, 1.54) is 94.2 Å². The highest BCUT2D eigenvalue weighted by Crippen LogP contribution is 2.40. The number of anilines is 2. The minimum absolute atomic E-state index is 0.174. The topological polar surface area (TPSA) is 13.1 Å². The molecular formula is C41H30BN3. The largest absolute Gasteiger partial charge is 0.345 e. The fourth-order valence-corrected chi connectivity index (χ4v) is 8.52. The van der Waals surface area contributed by atoms with Gasteiger partial charge in [-0.2, -0.15) is 0 Å². The van der Waals surface area contributed by atoms with Gasteiger partial charge in [-0.05, 0) is 77.8 Å². The molecule has 0 atom stereocenters. The number of nitrogens with zero attached hydrogens (tertiary/aromatic N) is 3. The molecular weight excluding hydrogens is 545 g/mol. The molecule has 0 radical (unpaired) electrons. The Bertz CT molecular complexity index is 2500. The van der Waals surface area contributed by atoms with Crippen LogP contribution in [0.4, 0.5) is 11.4 Å². The van der Waals surface area contributed by atoms with Crippen LogP contribution in [-0.2, 0) is 0 Å². The molecule has 3 nitrogen and oxygen atoms in total. The average molecular weight is 576 g/mol. The number of para-hydroxylation sites is 4. The van der Waals surface area contributed by atoms with Crippen LogP contribution in [0.25, 0.3) is 55.2 Å². The molecule has 0 N–H and O–H groups in total. The number of hydrogen-bond acceptors (Lipinski definition) is 1. The summed E-state index contributed by atoms with van der Waals surface area (Å²) >= 11 is 0. The van der Waals surface area contributed by atoms with Crippen LogP contribution in [0.3, 0.4) is 0 Å².